The Balaban J connectivity index is 2.60. The molecular formula is C15H23NO. The largest absolute Gasteiger partial charge is 0.494 e. The molecule has 0 unspecified atom stereocenters. The molecule has 0 radical (unpaired) electrons. The van der Waals surface area contributed by atoms with Crippen LogP contribution in [0.25, 0.3) is 5.57 Å². The van der Waals surface area contributed by atoms with Crippen LogP contribution in [0.5, 0.6) is 5.75 Å². The molecule has 0 spiro atoms. The van der Waals surface area contributed by atoms with Crippen LogP contribution in [-0.2, 0) is 0 Å². The molecule has 0 bridgehead atoms. The molecule has 0 fully saturated rings. The summed E-state index contributed by atoms with van der Waals surface area (Å²) in [5.41, 5.74) is 2.55. The average molecular weight is 233 g/mol. The van der Waals surface area contributed by atoms with Crippen molar-refractivity contribution in [3.8, 4) is 5.75 Å². The molecule has 94 valence electrons. The molecule has 0 saturated heterocycles. The Kier molecular flexibility index (Phi) is 6.41. The van der Waals surface area contributed by atoms with E-state index in [0.29, 0.717) is 6.61 Å². The lowest BCUT2D eigenvalue weighted by Crippen LogP contribution is -2.13. The third kappa shape index (κ3) is 5.05. The average Bonchev–Trinajstić information content (AvgIpc) is 2.35. The Morgan fingerprint density at radius 2 is 2.18 bits per heavy atom. The molecule has 0 heterocycles. The monoisotopic (exact) mass is 233 g/mol. The van der Waals surface area contributed by atoms with E-state index < -0.39 is 0 Å². The zero-order chi connectivity index (χ0) is 12.5. The van der Waals surface area contributed by atoms with Gasteiger partial charge in [-0.1, -0.05) is 25.1 Å². The van der Waals surface area contributed by atoms with E-state index in [4.69, 9.17) is 4.74 Å². The Bertz CT molecular complexity index is 358. The van der Waals surface area contributed by atoms with Crippen LogP contribution in [0.15, 0.2) is 30.3 Å². The van der Waals surface area contributed by atoms with Gasteiger partial charge in [-0.15, -0.1) is 0 Å². The first-order valence-electron chi connectivity index (χ1n) is 6.38. The van der Waals surface area contributed by atoms with Gasteiger partial charge in [0.15, 0.2) is 0 Å². The summed E-state index contributed by atoms with van der Waals surface area (Å²) in [5.74, 6) is 0.949. The summed E-state index contributed by atoms with van der Waals surface area (Å²) < 4.78 is 5.50. The van der Waals surface area contributed by atoms with Crippen LogP contribution in [0.1, 0.15) is 32.8 Å². The Hall–Kier alpha value is -1.28. The molecular weight excluding hydrogens is 210 g/mol. The predicted molar refractivity (Wildman–Crippen MR) is 74.4 cm³/mol. The number of hydrogen-bond acceptors (Lipinski definition) is 2. The minimum atomic E-state index is 0.715. The standard InChI is InChI=1S/C15H23NO/c1-4-16-11-7-8-13(3)14-9-6-10-15(12-14)17-5-2/h6,8-10,12,16H,4-5,7,11H2,1-3H3. The molecule has 2 nitrogen and oxygen atoms in total. The lowest BCUT2D eigenvalue weighted by Gasteiger charge is -2.06. The summed E-state index contributed by atoms with van der Waals surface area (Å²) in [6, 6.07) is 8.27. The molecule has 17 heavy (non-hydrogen) atoms. The van der Waals surface area contributed by atoms with E-state index in [1.807, 2.05) is 19.1 Å². The second-order valence-corrected chi connectivity index (χ2v) is 3.99. The van der Waals surface area contributed by atoms with Gasteiger partial charge < -0.3 is 10.1 Å². The van der Waals surface area contributed by atoms with Crippen molar-refractivity contribution in [2.24, 2.45) is 0 Å². The van der Waals surface area contributed by atoms with Gasteiger partial charge >= 0.3 is 0 Å². The maximum absolute atomic E-state index is 5.50. The van der Waals surface area contributed by atoms with Crippen molar-refractivity contribution in [2.45, 2.75) is 27.2 Å². The van der Waals surface area contributed by atoms with Crippen molar-refractivity contribution in [3.63, 3.8) is 0 Å². The quantitative estimate of drug-likeness (QED) is 0.728. The Morgan fingerprint density at radius 3 is 2.88 bits per heavy atom. The maximum atomic E-state index is 5.50. The topological polar surface area (TPSA) is 21.3 Å². The molecule has 0 aliphatic heterocycles. The van der Waals surface area contributed by atoms with Crippen molar-refractivity contribution in [2.75, 3.05) is 19.7 Å². The van der Waals surface area contributed by atoms with Gasteiger partial charge in [-0.2, -0.15) is 0 Å². The Labute approximate surface area is 105 Å². The number of hydrogen-bond donors (Lipinski definition) is 1. The first kappa shape index (κ1) is 13.8. The number of ether oxygens (including phenoxy) is 1. The zero-order valence-corrected chi connectivity index (χ0v) is 11.1. The first-order valence-corrected chi connectivity index (χ1v) is 6.38. The Morgan fingerprint density at radius 1 is 1.35 bits per heavy atom. The van der Waals surface area contributed by atoms with Crippen molar-refractivity contribution >= 4 is 5.57 Å². The highest BCUT2D eigenvalue weighted by Crippen LogP contribution is 2.20. The van der Waals surface area contributed by atoms with E-state index in [1.165, 1.54) is 11.1 Å². The number of rotatable bonds is 7. The van der Waals surface area contributed by atoms with E-state index in [-0.39, 0.29) is 0 Å². The molecule has 1 aromatic rings. The van der Waals surface area contributed by atoms with Crippen molar-refractivity contribution in [3.05, 3.63) is 35.9 Å². The van der Waals surface area contributed by atoms with Gasteiger partial charge in [0.2, 0.25) is 0 Å². The van der Waals surface area contributed by atoms with Crippen LogP contribution in [0.4, 0.5) is 0 Å². The maximum Gasteiger partial charge on any atom is 0.119 e. The number of benzene rings is 1. The molecule has 0 saturated carbocycles. The third-order valence-electron chi connectivity index (χ3n) is 2.62. The fourth-order valence-electron chi connectivity index (χ4n) is 1.68. The second kappa shape index (κ2) is 7.91. The van der Waals surface area contributed by atoms with Crippen LogP contribution < -0.4 is 10.1 Å². The molecule has 0 atom stereocenters. The molecule has 1 N–H and O–H groups in total. The fraction of sp³-hybridized carbons (Fsp3) is 0.467. The van der Waals surface area contributed by atoms with Crippen LogP contribution in [0.3, 0.4) is 0 Å². The normalized spacial score (nSPS) is 11.6. The number of nitrogens with one attached hydrogen (secondary N) is 1. The van der Waals surface area contributed by atoms with Gasteiger partial charge in [-0.25, -0.2) is 0 Å². The highest BCUT2D eigenvalue weighted by atomic mass is 16.5. The highest BCUT2D eigenvalue weighted by Gasteiger charge is 1.98. The minimum absolute atomic E-state index is 0.715. The third-order valence-corrected chi connectivity index (χ3v) is 2.62. The summed E-state index contributed by atoms with van der Waals surface area (Å²) in [5, 5.41) is 3.32. The molecule has 1 rings (SSSR count). The van der Waals surface area contributed by atoms with Crippen molar-refractivity contribution < 1.29 is 4.74 Å². The summed E-state index contributed by atoms with van der Waals surface area (Å²) in [4.78, 5) is 0. The van der Waals surface area contributed by atoms with Crippen LogP contribution in [0.2, 0.25) is 0 Å². The molecule has 1 aromatic carbocycles. The van der Waals surface area contributed by atoms with E-state index >= 15 is 0 Å². The van der Waals surface area contributed by atoms with Crippen molar-refractivity contribution in [1.29, 1.82) is 0 Å². The van der Waals surface area contributed by atoms with Crippen LogP contribution >= 0.6 is 0 Å². The lowest BCUT2D eigenvalue weighted by atomic mass is 10.1. The smallest absolute Gasteiger partial charge is 0.119 e. The van der Waals surface area contributed by atoms with Gasteiger partial charge in [0.25, 0.3) is 0 Å². The van der Waals surface area contributed by atoms with Crippen LogP contribution in [0, 0.1) is 0 Å². The lowest BCUT2D eigenvalue weighted by molar-refractivity contribution is 0.340. The van der Waals surface area contributed by atoms with Gasteiger partial charge in [-0.3, -0.25) is 0 Å². The van der Waals surface area contributed by atoms with Gasteiger partial charge in [-0.05, 0) is 56.6 Å². The van der Waals surface area contributed by atoms with E-state index in [9.17, 15) is 0 Å². The summed E-state index contributed by atoms with van der Waals surface area (Å²) in [6.45, 7) is 9.07. The summed E-state index contributed by atoms with van der Waals surface area (Å²) >= 11 is 0. The number of allylic oxidation sites excluding steroid dienone is 1. The fourth-order valence-corrected chi connectivity index (χ4v) is 1.68. The van der Waals surface area contributed by atoms with Crippen molar-refractivity contribution in [1.82, 2.24) is 5.32 Å². The molecule has 0 aliphatic rings. The van der Waals surface area contributed by atoms with E-state index in [2.05, 4.69) is 37.4 Å². The molecule has 0 aliphatic carbocycles. The van der Waals surface area contributed by atoms with Crippen LogP contribution in [-0.4, -0.2) is 19.7 Å². The highest BCUT2D eigenvalue weighted by molar-refractivity contribution is 5.64. The minimum Gasteiger partial charge on any atom is -0.494 e. The van der Waals surface area contributed by atoms with E-state index in [0.717, 1.165) is 25.3 Å². The summed E-state index contributed by atoms with van der Waals surface area (Å²) in [7, 11) is 0. The molecule has 2 heteroatoms. The predicted octanol–water partition coefficient (Wildman–Crippen LogP) is 3.49. The van der Waals surface area contributed by atoms with Gasteiger partial charge in [0.1, 0.15) is 5.75 Å². The van der Waals surface area contributed by atoms with Gasteiger partial charge in [0, 0.05) is 0 Å². The zero-order valence-electron chi connectivity index (χ0n) is 11.1. The van der Waals surface area contributed by atoms with Gasteiger partial charge in [0.05, 0.1) is 6.61 Å². The summed E-state index contributed by atoms with van der Waals surface area (Å²) in [6.07, 6.45) is 3.34. The SMILES string of the molecule is CCNCCC=C(C)c1cccc(OCC)c1. The first-order chi connectivity index (χ1) is 8.27. The molecule has 0 amide bonds. The van der Waals surface area contributed by atoms with E-state index in [1.54, 1.807) is 0 Å². The molecule has 0 aromatic heterocycles. The second-order valence-electron chi connectivity index (χ2n) is 3.99.